The van der Waals surface area contributed by atoms with E-state index in [2.05, 4.69) is 9.17 Å². The Hall–Kier alpha value is -1.45. The van der Waals surface area contributed by atoms with Crippen LogP contribution in [0.25, 0.3) is 0 Å². The summed E-state index contributed by atoms with van der Waals surface area (Å²) < 4.78 is 30.7. The second kappa shape index (κ2) is 5.94. The van der Waals surface area contributed by atoms with Gasteiger partial charge in [0.1, 0.15) is 24.6 Å². The molecule has 0 fully saturated rings. The van der Waals surface area contributed by atoms with Gasteiger partial charge in [-0.3, -0.25) is 14.3 Å². The lowest BCUT2D eigenvalue weighted by Crippen LogP contribution is -2.11. The number of aromatic nitrogens is 1. The van der Waals surface area contributed by atoms with Crippen molar-refractivity contribution in [3.8, 4) is 5.75 Å². The third kappa shape index (κ3) is 4.82. The minimum atomic E-state index is -3.57. The zero-order valence-electron chi connectivity index (χ0n) is 9.20. The molecule has 8 nitrogen and oxygen atoms in total. The van der Waals surface area contributed by atoms with Crippen LogP contribution >= 0.6 is 11.6 Å². The van der Waals surface area contributed by atoms with Crippen LogP contribution in [0.5, 0.6) is 5.75 Å². The molecule has 10 heteroatoms. The van der Waals surface area contributed by atoms with Gasteiger partial charge < -0.3 is 4.74 Å². The first-order valence-corrected chi connectivity index (χ1v) is 6.76. The number of halogens is 1. The minimum absolute atomic E-state index is 0.0274. The van der Waals surface area contributed by atoms with Crippen LogP contribution in [0.2, 0.25) is 5.15 Å². The Labute approximate surface area is 108 Å². The summed E-state index contributed by atoms with van der Waals surface area (Å²) in [5, 5.41) is 10.7. The molecule has 0 saturated carbocycles. The van der Waals surface area contributed by atoms with E-state index in [1.54, 1.807) is 0 Å². The van der Waals surface area contributed by atoms with Crippen LogP contribution < -0.4 is 4.74 Å². The number of pyridine rings is 1. The standard InChI is InChI=1S/C8H9ClN2O6S/c1-18(14,15)17-3-2-16-7-4-8(9)10-5-6(7)11(12)13/h4-5H,2-3H2,1H3. The molecule has 0 amide bonds. The van der Waals surface area contributed by atoms with Gasteiger partial charge in [-0.25, -0.2) is 4.98 Å². The second-order valence-electron chi connectivity index (χ2n) is 3.11. The fourth-order valence-corrected chi connectivity index (χ4v) is 1.51. The van der Waals surface area contributed by atoms with E-state index in [0.29, 0.717) is 0 Å². The fraction of sp³-hybridized carbons (Fsp3) is 0.375. The Balaban J connectivity index is 2.66. The molecule has 18 heavy (non-hydrogen) atoms. The number of rotatable bonds is 6. The maximum Gasteiger partial charge on any atom is 0.329 e. The van der Waals surface area contributed by atoms with Crippen molar-refractivity contribution in [2.45, 2.75) is 0 Å². The van der Waals surface area contributed by atoms with Crippen molar-refractivity contribution in [3.63, 3.8) is 0 Å². The lowest BCUT2D eigenvalue weighted by Gasteiger charge is -2.06. The first kappa shape index (κ1) is 14.6. The fourth-order valence-electron chi connectivity index (χ4n) is 0.996. The van der Waals surface area contributed by atoms with Crippen molar-refractivity contribution >= 4 is 27.4 Å². The molecule has 0 radical (unpaired) electrons. The number of ether oxygens (including phenoxy) is 1. The average Bonchev–Trinajstić information content (AvgIpc) is 2.22. The summed E-state index contributed by atoms with van der Waals surface area (Å²) in [6, 6.07) is 1.17. The molecule has 0 saturated heterocycles. The van der Waals surface area contributed by atoms with Gasteiger partial charge in [0.2, 0.25) is 5.75 Å². The van der Waals surface area contributed by atoms with E-state index in [1.165, 1.54) is 6.07 Å². The molecule has 0 bridgehead atoms. The molecular weight excluding hydrogens is 288 g/mol. The Morgan fingerprint density at radius 2 is 2.17 bits per heavy atom. The molecule has 1 aromatic rings. The minimum Gasteiger partial charge on any atom is -0.484 e. The zero-order chi connectivity index (χ0) is 13.8. The Morgan fingerprint density at radius 3 is 2.72 bits per heavy atom. The van der Waals surface area contributed by atoms with Crippen LogP contribution in [0.1, 0.15) is 0 Å². The molecule has 0 aliphatic heterocycles. The van der Waals surface area contributed by atoms with Gasteiger partial charge in [0.25, 0.3) is 10.1 Å². The molecule has 100 valence electrons. The van der Waals surface area contributed by atoms with Gasteiger partial charge in [-0.15, -0.1) is 0 Å². The molecule has 0 unspecified atom stereocenters. The first-order chi connectivity index (χ1) is 8.29. The number of nitro groups is 1. The molecule has 1 aromatic heterocycles. The van der Waals surface area contributed by atoms with Crippen LogP contribution in [0.4, 0.5) is 5.69 Å². The van der Waals surface area contributed by atoms with Crippen LogP contribution in [0.3, 0.4) is 0 Å². The van der Waals surface area contributed by atoms with Gasteiger partial charge in [0, 0.05) is 6.07 Å². The van der Waals surface area contributed by atoms with Gasteiger partial charge >= 0.3 is 5.69 Å². The number of hydrogen-bond donors (Lipinski definition) is 0. The highest BCUT2D eigenvalue weighted by molar-refractivity contribution is 7.85. The average molecular weight is 297 g/mol. The molecule has 0 spiro atoms. The van der Waals surface area contributed by atoms with Crippen molar-refractivity contribution in [3.05, 3.63) is 27.5 Å². The summed E-state index contributed by atoms with van der Waals surface area (Å²) in [4.78, 5) is 13.5. The van der Waals surface area contributed by atoms with E-state index in [4.69, 9.17) is 16.3 Å². The van der Waals surface area contributed by atoms with Crippen molar-refractivity contribution in [2.24, 2.45) is 0 Å². The monoisotopic (exact) mass is 296 g/mol. The van der Waals surface area contributed by atoms with Crippen LogP contribution in [-0.4, -0.2) is 37.8 Å². The van der Waals surface area contributed by atoms with Gasteiger partial charge in [-0.1, -0.05) is 11.6 Å². The van der Waals surface area contributed by atoms with E-state index >= 15 is 0 Å². The van der Waals surface area contributed by atoms with E-state index < -0.39 is 15.0 Å². The quantitative estimate of drug-likeness (QED) is 0.253. The molecule has 1 heterocycles. The Bertz CT molecular complexity index is 547. The lowest BCUT2D eigenvalue weighted by molar-refractivity contribution is -0.386. The van der Waals surface area contributed by atoms with E-state index in [1.807, 2.05) is 0 Å². The molecular formula is C8H9ClN2O6S. The normalized spacial score (nSPS) is 11.2. The SMILES string of the molecule is CS(=O)(=O)OCCOc1cc(Cl)ncc1[N+](=O)[O-]. The summed E-state index contributed by atoms with van der Waals surface area (Å²) in [7, 11) is -3.57. The molecule has 0 aliphatic carbocycles. The van der Waals surface area contributed by atoms with Crippen LogP contribution in [0, 0.1) is 10.1 Å². The van der Waals surface area contributed by atoms with Crippen molar-refractivity contribution in [2.75, 3.05) is 19.5 Å². The van der Waals surface area contributed by atoms with Crippen molar-refractivity contribution in [1.82, 2.24) is 4.98 Å². The van der Waals surface area contributed by atoms with E-state index in [0.717, 1.165) is 12.5 Å². The summed E-state index contributed by atoms with van der Waals surface area (Å²) >= 11 is 5.57. The predicted octanol–water partition coefficient (Wildman–Crippen LogP) is 0.998. The smallest absolute Gasteiger partial charge is 0.329 e. The number of nitrogens with zero attached hydrogens (tertiary/aromatic N) is 2. The third-order valence-electron chi connectivity index (χ3n) is 1.65. The second-order valence-corrected chi connectivity index (χ2v) is 5.14. The highest BCUT2D eigenvalue weighted by Crippen LogP contribution is 2.27. The molecule has 0 N–H and O–H groups in total. The maximum absolute atomic E-state index is 10.7. The van der Waals surface area contributed by atoms with Crippen molar-refractivity contribution < 1.29 is 22.3 Å². The maximum atomic E-state index is 10.7. The summed E-state index contributed by atoms with van der Waals surface area (Å²) in [6.07, 6.45) is 1.84. The first-order valence-electron chi connectivity index (χ1n) is 4.57. The Kier molecular flexibility index (Phi) is 4.82. The molecule has 1 rings (SSSR count). The molecule has 0 atom stereocenters. The highest BCUT2D eigenvalue weighted by atomic mass is 35.5. The summed E-state index contributed by atoms with van der Waals surface area (Å²) in [6.45, 7) is -0.426. The largest absolute Gasteiger partial charge is 0.484 e. The lowest BCUT2D eigenvalue weighted by atomic mass is 10.4. The third-order valence-corrected chi connectivity index (χ3v) is 2.45. The van der Waals surface area contributed by atoms with E-state index in [9.17, 15) is 18.5 Å². The molecule has 0 aromatic carbocycles. The van der Waals surface area contributed by atoms with Gasteiger partial charge in [0.05, 0.1) is 11.2 Å². The Morgan fingerprint density at radius 1 is 1.50 bits per heavy atom. The summed E-state index contributed by atoms with van der Waals surface area (Å²) in [5.74, 6) is -0.0999. The van der Waals surface area contributed by atoms with E-state index in [-0.39, 0.29) is 29.8 Å². The highest BCUT2D eigenvalue weighted by Gasteiger charge is 2.16. The van der Waals surface area contributed by atoms with Gasteiger partial charge in [-0.05, 0) is 0 Å². The number of hydrogen-bond acceptors (Lipinski definition) is 7. The zero-order valence-corrected chi connectivity index (χ0v) is 10.8. The molecule has 0 aliphatic rings. The van der Waals surface area contributed by atoms with Crippen LogP contribution in [0.15, 0.2) is 12.3 Å². The predicted molar refractivity (Wildman–Crippen MR) is 62.2 cm³/mol. The van der Waals surface area contributed by atoms with Gasteiger partial charge in [-0.2, -0.15) is 8.42 Å². The van der Waals surface area contributed by atoms with Crippen molar-refractivity contribution in [1.29, 1.82) is 0 Å². The summed E-state index contributed by atoms with van der Waals surface area (Å²) in [5.41, 5.74) is -0.362. The van der Waals surface area contributed by atoms with Gasteiger partial charge in [0.15, 0.2) is 0 Å². The van der Waals surface area contributed by atoms with Crippen LogP contribution in [-0.2, 0) is 14.3 Å². The topological polar surface area (TPSA) is 109 Å².